The van der Waals surface area contributed by atoms with Gasteiger partial charge in [0, 0.05) is 26.4 Å². The van der Waals surface area contributed by atoms with E-state index in [1.807, 2.05) is 43.3 Å². The Hall–Kier alpha value is -1.52. The molecule has 3 rings (SSSR count). The predicted octanol–water partition coefficient (Wildman–Crippen LogP) is 4.52. The zero-order valence-electron chi connectivity index (χ0n) is 10.7. The maximum absolute atomic E-state index is 12.1. The summed E-state index contributed by atoms with van der Waals surface area (Å²) in [6, 6.07) is 11.0. The fourth-order valence-electron chi connectivity index (χ4n) is 2.30. The third kappa shape index (κ3) is 2.30. The van der Waals surface area contributed by atoms with E-state index in [2.05, 4.69) is 26.6 Å². The molecule has 5 heteroatoms. The van der Waals surface area contributed by atoms with Crippen molar-refractivity contribution in [3.63, 3.8) is 0 Å². The minimum atomic E-state index is -0.403. The number of benzene rings is 2. The van der Waals surface area contributed by atoms with Crippen molar-refractivity contribution in [1.29, 1.82) is 0 Å². The molecular formula is C15H12BrClN2O. The topological polar surface area (TPSA) is 41.1 Å². The minimum absolute atomic E-state index is 0.0579. The molecule has 2 aromatic rings. The number of hydrogen-bond donors (Lipinski definition) is 2. The van der Waals surface area contributed by atoms with Crippen molar-refractivity contribution < 1.29 is 4.79 Å². The Bertz CT molecular complexity index is 702. The first-order chi connectivity index (χ1) is 9.56. The quantitative estimate of drug-likeness (QED) is 0.835. The minimum Gasteiger partial charge on any atom is -0.370 e. The summed E-state index contributed by atoms with van der Waals surface area (Å²) in [5, 5.41) is 6.82. The van der Waals surface area contributed by atoms with E-state index in [-0.39, 0.29) is 5.91 Å². The van der Waals surface area contributed by atoms with Crippen LogP contribution in [-0.4, -0.2) is 5.91 Å². The normalized spacial score (nSPS) is 16.8. The van der Waals surface area contributed by atoms with Gasteiger partial charge in [-0.3, -0.25) is 4.79 Å². The molecular weight excluding hydrogens is 340 g/mol. The lowest BCUT2D eigenvalue weighted by Gasteiger charge is -2.16. The SMILES string of the molecule is Cc1c(Cl)cccc1NC1C(=O)Nc2ccc(Br)cc21. The van der Waals surface area contributed by atoms with Crippen LogP contribution in [-0.2, 0) is 4.79 Å². The van der Waals surface area contributed by atoms with Crippen LogP contribution in [0.2, 0.25) is 5.02 Å². The molecule has 102 valence electrons. The number of halogens is 2. The van der Waals surface area contributed by atoms with Crippen LogP contribution in [0.15, 0.2) is 40.9 Å². The summed E-state index contributed by atoms with van der Waals surface area (Å²) in [5.74, 6) is -0.0579. The summed E-state index contributed by atoms with van der Waals surface area (Å²) >= 11 is 9.55. The lowest BCUT2D eigenvalue weighted by atomic mass is 10.1. The van der Waals surface area contributed by atoms with Crippen LogP contribution in [0.25, 0.3) is 0 Å². The van der Waals surface area contributed by atoms with E-state index >= 15 is 0 Å². The van der Waals surface area contributed by atoms with Gasteiger partial charge in [-0.25, -0.2) is 0 Å². The van der Waals surface area contributed by atoms with Gasteiger partial charge in [-0.15, -0.1) is 0 Å². The van der Waals surface area contributed by atoms with Crippen LogP contribution in [0.1, 0.15) is 17.2 Å². The van der Waals surface area contributed by atoms with Gasteiger partial charge in [0.05, 0.1) is 0 Å². The van der Waals surface area contributed by atoms with Crippen LogP contribution in [0.3, 0.4) is 0 Å². The average molecular weight is 352 g/mol. The molecule has 3 nitrogen and oxygen atoms in total. The highest BCUT2D eigenvalue weighted by atomic mass is 79.9. The summed E-state index contributed by atoms with van der Waals surface area (Å²) in [6.07, 6.45) is 0. The second-order valence-electron chi connectivity index (χ2n) is 4.71. The van der Waals surface area contributed by atoms with Crippen LogP contribution in [0, 0.1) is 6.92 Å². The Balaban J connectivity index is 1.98. The van der Waals surface area contributed by atoms with Gasteiger partial charge in [0.15, 0.2) is 0 Å². The summed E-state index contributed by atoms with van der Waals surface area (Å²) in [6.45, 7) is 1.93. The molecule has 0 saturated carbocycles. The highest BCUT2D eigenvalue weighted by Gasteiger charge is 2.30. The Morgan fingerprint density at radius 1 is 1.30 bits per heavy atom. The van der Waals surface area contributed by atoms with E-state index in [1.54, 1.807) is 0 Å². The van der Waals surface area contributed by atoms with Crippen molar-refractivity contribution in [3.8, 4) is 0 Å². The number of hydrogen-bond acceptors (Lipinski definition) is 2. The lowest BCUT2D eigenvalue weighted by Crippen LogP contribution is -2.20. The van der Waals surface area contributed by atoms with Crippen molar-refractivity contribution in [2.75, 3.05) is 10.6 Å². The van der Waals surface area contributed by atoms with Crippen LogP contribution in [0.4, 0.5) is 11.4 Å². The number of nitrogens with one attached hydrogen (secondary N) is 2. The van der Waals surface area contributed by atoms with Crippen LogP contribution < -0.4 is 10.6 Å². The molecule has 0 saturated heterocycles. The van der Waals surface area contributed by atoms with Gasteiger partial charge in [-0.05, 0) is 42.8 Å². The summed E-state index contributed by atoms with van der Waals surface area (Å²) < 4.78 is 0.947. The molecule has 0 aliphatic carbocycles. The van der Waals surface area contributed by atoms with Crippen molar-refractivity contribution in [1.82, 2.24) is 0 Å². The monoisotopic (exact) mass is 350 g/mol. The predicted molar refractivity (Wildman–Crippen MR) is 85.3 cm³/mol. The first kappa shape index (κ1) is 13.5. The van der Waals surface area contributed by atoms with Gasteiger partial charge in [0.25, 0.3) is 5.91 Å². The summed E-state index contributed by atoms with van der Waals surface area (Å²) in [4.78, 5) is 12.1. The second kappa shape index (κ2) is 5.11. The standard InChI is InChI=1S/C15H12BrClN2O/c1-8-11(17)3-2-4-12(8)18-14-10-7-9(16)5-6-13(10)19-15(14)20/h2-7,14,18H,1H3,(H,19,20). The Kier molecular flexibility index (Phi) is 3.44. The molecule has 1 unspecified atom stereocenters. The van der Waals surface area contributed by atoms with E-state index < -0.39 is 6.04 Å². The largest absolute Gasteiger partial charge is 0.370 e. The Morgan fingerprint density at radius 3 is 2.90 bits per heavy atom. The molecule has 0 radical (unpaired) electrons. The van der Waals surface area contributed by atoms with Crippen LogP contribution in [0.5, 0.6) is 0 Å². The van der Waals surface area contributed by atoms with E-state index in [0.29, 0.717) is 5.02 Å². The number of carbonyl (C=O) groups is 1. The highest BCUT2D eigenvalue weighted by Crippen LogP contribution is 2.36. The van der Waals surface area contributed by atoms with Crippen LogP contribution >= 0.6 is 27.5 Å². The van der Waals surface area contributed by atoms with Crippen molar-refractivity contribution in [2.45, 2.75) is 13.0 Å². The molecule has 1 amide bonds. The van der Waals surface area contributed by atoms with Crippen molar-refractivity contribution in [2.24, 2.45) is 0 Å². The number of carbonyl (C=O) groups excluding carboxylic acids is 1. The Morgan fingerprint density at radius 2 is 2.10 bits per heavy atom. The fraction of sp³-hybridized carbons (Fsp3) is 0.133. The average Bonchev–Trinajstić information content (AvgIpc) is 2.71. The molecule has 0 fully saturated rings. The number of amides is 1. The van der Waals surface area contributed by atoms with Gasteiger partial charge < -0.3 is 10.6 Å². The third-order valence-electron chi connectivity index (χ3n) is 3.41. The third-order valence-corrected chi connectivity index (χ3v) is 4.31. The van der Waals surface area contributed by atoms with E-state index in [4.69, 9.17) is 11.6 Å². The number of anilines is 2. The molecule has 0 bridgehead atoms. The molecule has 1 heterocycles. The zero-order chi connectivity index (χ0) is 14.3. The fourth-order valence-corrected chi connectivity index (χ4v) is 2.85. The molecule has 0 spiro atoms. The summed E-state index contributed by atoms with van der Waals surface area (Å²) in [5.41, 5.74) is 3.58. The maximum atomic E-state index is 12.1. The molecule has 1 aliphatic rings. The van der Waals surface area contributed by atoms with Gasteiger partial charge in [-0.2, -0.15) is 0 Å². The first-order valence-corrected chi connectivity index (χ1v) is 7.35. The maximum Gasteiger partial charge on any atom is 0.251 e. The Labute approximate surface area is 130 Å². The van der Waals surface area contributed by atoms with Gasteiger partial charge in [0.2, 0.25) is 0 Å². The molecule has 2 aromatic carbocycles. The first-order valence-electron chi connectivity index (χ1n) is 6.18. The molecule has 1 atom stereocenters. The number of rotatable bonds is 2. The smallest absolute Gasteiger partial charge is 0.251 e. The molecule has 1 aliphatic heterocycles. The molecule has 0 aromatic heterocycles. The number of fused-ring (bicyclic) bond motifs is 1. The van der Waals surface area contributed by atoms with E-state index in [1.165, 1.54) is 0 Å². The van der Waals surface area contributed by atoms with Gasteiger partial charge in [-0.1, -0.05) is 33.6 Å². The van der Waals surface area contributed by atoms with Crippen molar-refractivity contribution >= 4 is 44.8 Å². The van der Waals surface area contributed by atoms with E-state index in [0.717, 1.165) is 27.0 Å². The van der Waals surface area contributed by atoms with Gasteiger partial charge in [0.1, 0.15) is 6.04 Å². The van der Waals surface area contributed by atoms with E-state index in [9.17, 15) is 4.79 Å². The summed E-state index contributed by atoms with van der Waals surface area (Å²) in [7, 11) is 0. The molecule has 20 heavy (non-hydrogen) atoms. The molecule has 2 N–H and O–H groups in total. The lowest BCUT2D eigenvalue weighted by molar-refractivity contribution is -0.116. The second-order valence-corrected chi connectivity index (χ2v) is 6.03. The van der Waals surface area contributed by atoms with Crippen molar-refractivity contribution in [3.05, 3.63) is 57.0 Å². The highest BCUT2D eigenvalue weighted by molar-refractivity contribution is 9.10. The van der Waals surface area contributed by atoms with Gasteiger partial charge >= 0.3 is 0 Å². The zero-order valence-corrected chi connectivity index (χ0v) is 13.0.